The summed E-state index contributed by atoms with van der Waals surface area (Å²) in [6.07, 6.45) is 0. The fourth-order valence-electron chi connectivity index (χ4n) is 8.94. The molecule has 4 aromatic heterocycles. The Balaban J connectivity index is 1.05. The first kappa shape index (κ1) is 33.2. The molecule has 8 aromatic carbocycles. The summed E-state index contributed by atoms with van der Waals surface area (Å²) in [5, 5.41) is 8.03. The van der Waals surface area contributed by atoms with Crippen LogP contribution >= 0.6 is 0 Å². The van der Waals surface area contributed by atoms with Gasteiger partial charge in [-0.1, -0.05) is 158 Å². The van der Waals surface area contributed by atoms with Crippen LogP contribution in [-0.4, -0.2) is 19.5 Å². The number of aromatic nitrogens is 4. The van der Waals surface area contributed by atoms with E-state index < -0.39 is 0 Å². The number of pyridine rings is 3. The van der Waals surface area contributed by atoms with E-state index in [-0.39, 0.29) is 0 Å². The van der Waals surface area contributed by atoms with Crippen LogP contribution in [0.2, 0.25) is 0 Å². The molecular weight excluding hydrogens is 717 g/mol. The van der Waals surface area contributed by atoms with Crippen LogP contribution in [0.1, 0.15) is 0 Å². The van der Waals surface area contributed by atoms with Gasteiger partial charge in [-0.2, -0.15) is 0 Å². The first-order valence-corrected chi connectivity index (χ1v) is 20.0. The van der Waals surface area contributed by atoms with E-state index in [0.29, 0.717) is 0 Å². The predicted molar refractivity (Wildman–Crippen MR) is 246 cm³/mol. The molecule has 4 heterocycles. The van der Waals surface area contributed by atoms with Crippen molar-refractivity contribution in [3.63, 3.8) is 0 Å². The van der Waals surface area contributed by atoms with Crippen molar-refractivity contribution in [2.75, 3.05) is 0 Å². The van der Waals surface area contributed by atoms with Gasteiger partial charge in [0, 0.05) is 54.7 Å². The third kappa shape index (κ3) is 5.42. The molecule has 59 heavy (non-hydrogen) atoms. The number of hydrogen-bond donors (Lipinski definition) is 0. The van der Waals surface area contributed by atoms with E-state index in [2.05, 4.69) is 205 Å². The molecule has 0 spiro atoms. The van der Waals surface area contributed by atoms with Crippen molar-refractivity contribution in [2.24, 2.45) is 0 Å². The molecule has 0 saturated heterocycles. The molecule has 12 rings (SSSR count). The van der Waals surface area contributed by atoms with E-state index in [1.165, 1.54) is 21.7 Å². The molecule has 0 atom stereocenters. The molecule has 274 valence electrons. The highest BCUT2D eigenvalue weighted by atomic mass is 15.0. The summed E-state index contributed by atoms with van der Waals surface area (Å²) in [5.74, 6) is 0. The lowest BCUT2D eigenvalue weighted by molar-refractivity contribution is 1.18. The second-order valence-electron chi connectivity index (χ2n) is 15.2. The Morgan fingerprint density at radius 2 is 0.915 bits per heavy atom. The molecule has 0 aliphatic carbocycles. The van der Waals surface area contributed by atoms with E-state index >= 15 is 0 Å². The topological polar surface area (TPSA) is 43.6 Å². The Bertz CT molecular complexity index is 3580. The summed E-state index contributed by atoms with van der Waals surface area (Å²) in [5.41, 5.74) is 14.7. The monoisotopic (exact) mass is 750 g/mol. The Morgan fingerprint density at radius 3 is 1.61 bits per heavy atom. The van der Waals surface area contributed by atoms with Crippen molar-refractivity contribution in [3.8, 4) is 50.6 Å². The van der Waals surface area contributed by atoms with Crippen LogP contribution in [0.25, 0.3) is 116 Å². The largest absolute Gasteiger partial charge is 0.309 e. The van der Waals surface area contributed by atoms with Crippen molar-refractivity contribution >= 4 is 65.3 Å². The summed E-state index contributed by atoms with van der Waals surface area (Å²) in [6.45, 7) is 0. The number of nitrogens with zero attached hydrogens (tertiary/aromatic N) is 4. The highest BCUT2D eigenvalue weighted by Gasteiger charge is 2.20. The molecule has 12 aromatic rings. The lowest BCUT2D eigenvalue weighted by atomic mass is 9.95. The summed E-state index contributed by atoms with van der Waals surface area (Å²) in [7, 11) is 0. The zero-order chi connectivity index (χ0) is 38.9. The van der Waals surface area contributed by atoms with Crippen LogP contribution in [-0.2, 0) is 0 Å². The van der Waals surface area contributed by atoms with Gasteiger partial charge in [0.2, 0.25) is 0 Å². The fraction of sp³-hybridized carbons (Fsp3) is 0. The van der Waals surface area contributed by atoms with Gasteiger partial charge in [-0.25, -0.2) is 15.0 Å². The van der Waals surface area contributed by atoms with E-state index in [1.54, 1.807) is 0 Å². The van der Waals surface area contributed by atoms with Crippen LogP contribution in [0.4, 0.5) is 0 Å². The van der Waals surface area contributed by atoms with Crippen molar-refractivity contribution < 1.29 is 0 Å². The molecule has 0 fully saturated rings. The Morgan fingerprint density at radius 1 is 0.339 bits per heavy atom. The van der Waals surface area contributed by atoms with E-state index in [4.69, 9.17) is 15.0 Å². The predicted octanol–water partition coefficient (Wildman–Crippen LogP) is 14.2. The number of para-hydroxylation sites is 2. The molecular formula is C55H34N4. The maximum Gasteiger partial charge on any atom is 0.0972 e. The van der Waals surface area contributed by atoms with Gasteiger partial charge in [-0.3, -0.25) is 0 Å². The number of rotatable bonds is 5. The molecule has 0 amide bonds. The van der Waals surface area contributed by atoms with E-state index in [1.807, 2.05) is 6.07 Å². The van der Waals surface area contributed by atoms with E-state index in [9.17, 15) is 0 Å². The zero-order valence-corrected chi connectivity index (χ0v) is 31.9. The SMILES string of the molecule is c1ccc(-c2ccc3ccc4ccc(-c5ccc(-c6cccc7c6c6cc8c(-c9ccccc9)nc9ccccc9c8cc6n7-c6ccccc6)cc5)nc4c3n2)cc1. The molecule has 0 N–H and O–H groups in total. The van der Waals surface area contributed by atoms with Crippen LogP contribution in [0.3, 0.4) is 0 Å². The second kappa shape index (κ2) is 13.3. The smallest absolute Gasteiger partial charge is 0.0972 e. The van der Waals surface area contributed by atoms with Gasteiger partial charge in [0.15, 0.2) is 0 Å². The first-order chi connectivity index (χ1) is 29.2. The van der Waals surface area contributed by atoms with Gasteiger partial charge in [-0.15, -0.1) is 0 Å². The number of hydrogen-bond acceptors (Lipinski definition) is 3. The molecule has 0 radical (unpaired) electrons. The average Bonchev–Trinajstić information content (AvgIpc) is 3.64. The standard InChI is InChI=1S/C55H34N4/c1-4-13-36(14-5-1)47-31-29-39-27-28-40-30-32-48(57-55(40)54(39)56-47)37-25-23-35(24-26-37)42-20-12-22-50-52(42)46-33-45-44(34-51(46)59(50)41-17-8-3-9-18-41)43-19-10-11-21-49(43)58-53(45)38-15-6-2-7-16-38/h1-34H. The second-order valence-corrected chi connectivity index (χ2v) is 15.2. The third-order valence-electron chi connectivity index (χ3n) is 11.8. The van der Waals surface area contributed by atoms with Gasteiger partial charge < -0.3 is 4.57 Å². The summed E-state index contributed by atoms with van der Waals surface area (Å²) < 4.78 is 2.42. The van der Waals surface area contributed by atoms with Gasteiger partial charge in [0.1, 0.15) is 0 Å². The minimum absolute atomic E-state index is 0.907. The van der Waals surface area contributed by atoms with Crippen LogP contribution in [0.5, 0.6) is 0 Å². The van der Waals surface area contributed by atoms with Gasteiger partial charge in [-0.05, 0) is 65.0 Å². The Hall–Kier alpha value is -7.95. The molecule has 4 nitrogen and oxygen atoms in total. The molecule has 4 heteroatoms. The minimum atomic E-state index is 0.907. The van der Waals surface area contributed by atoms with Crippen molar-refractivity contribution in [1.82, 2.24) is 19.5 Å². The Labute approximate surface area is 340 Å². The Kier molecular flexibility index (Phi) is 7.50. The minimum Gasteiger partial charge on any atom is -0.309 e. The summed E-state index contributed by atoms with van der Waals surface area (Å²) >= 11 is 0. The van der Waals surface area contributed by atoms with E-state index in [0.717, 1.165) is 94.2 Å². The fourth-order valence-corrected chi connectivity index (χ4v) is 8.94. The molecule has 0 bridgehead atoms. The lowest BCUT2D eigenvalue weighted by Gasteiger charge is -2.12. The zero-order valence-electron chi connectivity index (χ0n) is 31.9. The quantitative estimate of drug-likeness (QED) is 0.165. The van der Waals surface area contributed by atoms with Gasteiger partial charge in [0.05, 0.1) is 44.7 Å². The molecule has 0 saturated carbocycles. The van der Waals surface area contributed by atoms with Crippen molar-refractivity contribution in [2.45, 2.75) is 0 Å². The number of fused-ring (bicyclic) bond motifs is 9. The number of benzene rings is 8. The third-order valence-corrected chi connectivity index (χ3v) is 11.8. The van der Waals surface area contributed by atoms with Crippen LogP contribution < -0.4 is 0 Å². The highest BCUT2D eigenvalue weighted by Crippen LogP contribution is 2.43. The molecule has 0 aliphatic rings. The highest BCUT2D eigenvalue weighted by molar-refractivity contribution is 6.23. The molecule has 0 unspecified atom stereocenters. The van der Waals surface area contributed by atoms with Crippen LogP contribution in [0, 0.1) is 0 Å². The van der Waals surface area contributed by atoms with Crippen molar-refractivity contribution in [1.29, 1.82) is 0 Å². The maximum absolute atomic E-state index is 5.28. The first-order valence-electron chi connectivity index (χ1n) is 20.0. The van der Waals surface area contributed by atoms with Gasteiger partial charge >= 0.3 is 0 Å². The summed E-state index contributed by atoms with van der Waals surface area (Å²) in [4.78, 5) is 15.7. The summed E-state index contributed by atoms with van der Waals surface area (Å²) in [6, 6.07) is 73.2. The maximum atomic E-state index is 5.28. The van der Waals surface area contributed by atoms with Crippen molar-refractivity contribution in [3.05, 3.63) is 206 Å². The average molecular weight is 751 g/mol. The normalized spacial score (nSPS) is 11.7. The lowest BCUT2D eigenvalue weighted by Crippen LogP contribution is -1.94. The van der Waals surface area contributed by atoms with Crippen LogP contribution in [0.15, 0.2) is 206 Å². The van der Waals surface area contributed by atoms with Gasteiger partial charge in [0.25, 0.3) is 0 Å². The molecule has 0 aliphatic heterocycles.